The van der Waals surface area contributed by atoms with Crippen LogP contribution in [-0.4, -0.2) is 25.2 Å². The fraction of sp³-hybridized carbons (Fsp3) is 0.316. The summed E-state index contributed by atoms with van der Waals surface area (Å²) in [4.78, 5) is 12.4. The smallest absolute Gasteiger partial charge is 0.338 e. The van der Waals surface area contributed by atoms with Gasteiger partial charge in [-0.1, -0.05) is 49.6 Å². The highest BCUT2D eigenvalue weighted by molar-refractivity contribution is 5.93. The molecule has 2 rings (SSSR count). The minimum Gasteiger partial charge on any atom is -0.457 e. The van der Waals surface area contributed by atoms with Gasteiger partial charge in [-0.3, -0.25) is 0 Å². The molecular weight excluding hydrogens is 274 g/mol. The van der Waals surface area contributed by atoms with Gasteiger partial charge < -0.3 is 10.1 Å². The molecule has 1 aromatic carbocycles. The first kappa shape index (κ1) is 16.2. The molecule has 0 saturated carbocycles. The maximum absolute atomic E-state index is 12.4. The Bertz CT molecular complexity index is 574. The minimum atomic E-state index is -0.331. The summed E-state index contributed by atoms with van der Waals surface area (Å²) >= 11 is 0. The van der Waals surface area contributed by atoms with Crippen molar-refractivity contribution in [2.45, 2.75) is 25.4 Å². The standard InChI is InChI=1S/C19H23NO2/c1-4-8-16(14(2)3)19(21)22-18-13-20-12-11-17(18)15-9-6-5-7-10-15/h4-10,17-18,20H,1-2,11-13H2,3H3/b16-8+/t17?,18-/m0/s1. The van der Waals surface area contributed by atoms with Crippen molar-refractivity contribution in [3.8, 4) is 0 Å². The van der Waals surface area contributed by atoms with E-state index in [0.29, 0.717) is 17.7 Å². The lowest BCUT2D eigenvalue weighted by Gasteiger charge is -2.32. The normalized spacial score (nSPS) is 22.0. The average Bonchev–Trinajstić information content (AvgIpc) is 2.53. The van der Waals surface area contributed by atoms with E-state index in [-0.39, 0.29) is 18.0 Å². The van der Waals surface area contributed by atoms with Crippen LogP contribution in [0.1, 0.15) is 24.8 Å². The summed E-state index contributed by atoms with van der Waals surface area (Å²) < 4.78 is 5.76. The third-order valence-corrected chi connectivity index (χ3v) is 3.88. The molecule has 1 N–H and O–H groups in total. The second-order valence-electron chi connectivity index (χ2n) is 5.55. The van der Waals surface area contributed by atoms with E-state index in [2.05, 4.69) is 30.6 Å². The summed E-state index contributed by atoms with van der Waals surface area (Å²) in [6, 6.07) is 10.2. The lowest BCUT2D eigenvalue weighted by molar-refractivity contribution is -0.145. The van der Waals surface area contributed by atoms with Gasteiger partial charge in [0.05, 0.1) is 5.57 Å². The van der Waals surface area contributed by atoms with Crippen LogP contribution in [0.2, 0.25) is 0 Å². The Morgan fingerprint density at radius 1 is 1.36 bits per heavy atom. The van der Waals surface area contributed by atoms with Crippen molar-refractivity contribution in [2.24, 2.45) is 0 Å². The quantitative estimate of drug-likeness (QED) is 0.514. The Morgan fingerprint density at radius 3 is 2.73 bits per heavy atom. The summed E-state index contributed by atoms with van der Waals surface area (Å²) in [7, 11) is 0. The molecule has 0 amide bonds. The second-order valence-corrected chi connectivity index (χ2v) is 5.55. The molecule has 3 heteroatoms. The summed E-state index contributed by atoms with van der Waals surface area (Å²) in [6.45, 7) is 10.9. The third-order valence-electron chi connectivity index (χ3n) is 3.88. The van der Waals surface area contributed by atoms with E-state index in [1.54, 1.807) is 19.1 Å². The average molecular weight is 297 g/mol. The molecule has 0 bridgehead atoms. The van der Waals surface area contributed by atoms with E-state index in [9.17, 15) is 4.79 Å². The molecule has 1 unspecified atom stereocenters. The molecule has 1 aliphatic heterocycles. The topological polar surface area (TPSA) is 38.3 Å². The van der Waals surface area contributed by atoms with E-state index < -0.39 is 0 Å². The van der Waals surface area contributed by atoms with Crippen molar-refractivity contribution in [2.75, 3.05) is 13.1 Å². The van der Waals surface area contributed by atoms with Crippen LogP contribution in [-0.2, 0) is 9.53 Å². The molecule has 1 heterocycles. The Labute approximate surface area is 132 Å². The zero-order chi connectivity index (χ0) is 15.9. The van der Waals surface area contributed by atoms with Crippen molar-refractivity contribution >= 4 is 5.97 Å². The molecule has 1 saturated heterocycles. The number of nitrogens with one attached hydrogen (secondary N) is 1. The minimum absolute atomic E-state index is 0.170. The Morgan fingerprint density at radius 2 is 2.09 bits per heavy atom. The molecular formula is C19H23NO2. The number of hydrogen-bond acceptors (Lipinski definition) is 3. The number of hydrogen-bond donors (Lipinski definition) is 1. The van der Waals surface area contributed by atoms with Crippen molar-refractivity contribution in [1.29, 1.82) is 0 Å². The zero-order valence-corrected chi connectivity index (χ0v) is 13.0. The monoisotopic (exact) mass is 297 g/mol. The second kappa shape index (κ2) is 7.76. The van der Waals surface area contributed by atoms with Gasteiger partial charge in [0.1, 0.15) is 6.10 Å². The van der Waals surface area contributed by atoms with Gasteiger partial charge in [-0.05, 0) is 37.1 Å². The SMILES string of the molecule is C=C/C=C(\C(=C)C)C(=O)O[C@H]1CNCCC1c1ccccc1. The van der Waals surface area contributed by atoms with E-state index in [0.717, 1.165) is 13.0 Å². The van der Waals surface area contributed by atoms with E-state index in [1.807, 2.05) is 18.2 Å². The highest BCUT2D eigenvalue weighted by atomic mass is 16.5. The molecule has 116 valence electrons. The van der Waals surface area contributed by atoms with Gasteiger partial charge in [0.25, 0.3) is 0 Å². The van der Waals surface area contributed by atoms with Crippen LogP contribution < -0.4 is 5.32 Å². The van der Waals surface area contributed by atoms with Gasteiger partial charge in [0.2, 0.25) is 0 Å². The van der Waals surface area contributed by atoms with Crippen LogP contribution >= 0.6 is 0 Å². The molecule has 0 spiro atoms. The molecule has 3 nitrogen and oxygen atoms in total. The molecule has 1 aliphatic rings. The first-order valence-electron chi connectivity index (χ1n) is 7.58. The highest BCUT2D eigenvalue weighted by Crippen LogP contribution is 2.28. The number of carbonyl (C=O) groups is 1. The largest absolute Gasteiger partial charge is 0.457 e. The van der Waals surface area contributed by atoms with Crippen molar-refractivity contribution in [1.82, 2.24) is 5.32 Å². The first-order chi connectivity index (χ1) is 10.6. The summed E-state index contributed by atoms with van der Waals surface area (Å²) in [5.74, 6) is -0.108. The molecule has 0 radical (unpaired) electrons. The molecule has 1 aromatic rings. The van der Waals surface area contributed by atoms with Gasteiger partial charge in [0.15, 0.2) is 0 Å². The molecule has 0 aromatic heterocycles. The molecule has 1 fully saturated rings. The van der Waals surface area contributed by atoms with E-state index in [1.165, 1.54) is 5.56 Å². The van der Waals surface area contributed by atoms with E-state index in [4.69, 9.17) is 4.74 Å². The predicted octanol–water partition coefficient (Wildman–Crippen LogP) is 3.36. The number of benzene rings is 1. The van der Waals surface area contributed by atoms with E-state index >= 15 is 0 Å². The number of rotatable bonds is 5. The maximum atomic E-state index is 12.4. The highest BCUT2D eigenvalue weighted by Gasteiger charge is 2.30. The number of piperidine rings is 1. The summed E-state index contributed by atoms with van der Waals surface area (Å²) in [5.41, 5.74) is 2.38. The fourth-order valence-electron chi connectivity index (χ4n) is 2.74. The van der Waals surface area contributed by atoms with Crippen LogP contribution in [0.15, 0.2) is 66.8 Å². The summed E-state index contributed by atoms with van der Waals surface area (Å²) in [5, 5.41) is 3.30. The first-order valence-corrected chi connectivity index (χ1v) is 7.58. The molecule has 0 aliphatic carbocycles. The number of allylic oxidation sites excluding steroid dienone is 2. The summed E-state index contributed by atoms with van der Waals surface area (Å²) in [6.07, 6.45) is 4.02. The van der Waals surface area contributed by atoms with Crippen LogP contribution in [0.4, 0.5) is 0 Å². The molecule has 2 atom stereocenters. The van der Waals surface area contributed by atoms with Gasteiger partial charge in [-0.25, -0.2) is 4.79 Å². The third kappa shape index (κ3) is 3.95. The van der Waals surface area contributed by atoms with Crippen molar-refractivity contribution < 1.29 is 9.53 Å². The van der Waals surface area contributed by atoms with Crippen LogP contribution in [0.3, 0.4) is 0 Å². The van der Waals surface area contributed by atoms with Crippen LogP contribution in [0.5, 0.6) is 0 Å². The van der Waals surface area contributed by atoms with Crippen molar-refractivity contribution in [3.05, 3.63) is 72.4 Å². The Hall–Kier alpha value is -2.13. The predicted molar refractivity (Wildman–Crippen MR) is 89.6 cm³/mol. The van der Waals surface area contributed by atoms with Gasteiger partial charge in [0, 0.05) is 12.5 Å². The van der Waals surface area contributed by atoms with Gasteiger partial charge in [-0.15, -0.1) is 0 Å². The van der Waals surface area contributed by atoms with Crippen molar-refractivity contribution in [3.63, 3.8) is 0 Å². The zero-order valence-electron chi connectivity index (χ0n) is 13.0. The van der Waals surface area contributed by atoms with Gasteiger partial charge >= 0.3 is 5.97 Å². The van der Waals surface area contributed by atoms with Gasteiger partial charge in [-0.2, -0.15) is 0 Å². The number of ether oxygens (including phenoxy) is 1. The number of carbonyl (C=O) groups excluding carboxylic acids is 1. The maximum Gasteiger partial charge on any atom is 0.338 e. The lowest BCUT2D eigenvalue weighted by atomic mass is 9.88. The Balaban J connectivity index is 2.15. The lowest BCUT2D eigenvalue weighted by Crippen LogP contribution is -2.42. The van der Waals surface area contributed by atoms with Crippen LogP contribution in [0, 0.1) is 0 Å². The number of esters is 1. The van der Waals surface area contributed by atoms with Crippen LogP contribution in [0.25, 0.3) is 0 Å². The Kier molecular flexibility index (Phi) is 5.73. The fourth-order valence-corrected chi connectivity index (χ4v) is 2.74. The molecule has 22 heavy (non-hydrogen) atoms.